The molecule has 0 aliphatic carbocycles. The van der Waals surface area contributed by atoms with Crippen LogP contribution in [-0.2, 0) is 35.0 Å². The molecule has 2 aromatic rings. The zero-order valence-electron chi connectivity index (χ0n) is 25.3. The Morgan fingerprint density at radius 2 is 1.91 bits per heavy atom. The second-order valence-corrected chi connectivity index (χ2v) is 11.1. The maximum atomic E-state index is 13.4. The van der Waals surface area contributed by atoms with Crippen LogP contribution in [0.2, 0.25) is 5.02 Å². The van der Waals surface area contributed by atoms with E-state index >= 15 is 0 Å². The molecular formula is C31H41ClN2O9. The van der Waals surface area contributed by atoms with Crippen molar-refractivity contribution in [1.29, 1.82) is 0 Å². The lowest BCUT2D eigenvalue weighted by atomic mass is 9.79. The van der Waals surface area contributed by atoms with Crippen molar-refractivity contribution in [3.05, 3.63) is 52.8 Å². The number of pyridine rings is 1. The number of esters is 2. The molecule has 2 heterocycles. The summed E-state index contributed by atoms with van der Waals surface area (Å²) in [6.45, 7) is 7.76. The van der Waals surface area contributed by atoms with E-state index in [1.807, 2.05) is 31.2 Å². The molecular weight excluding hydrogens is 580 g/mol. The number of aromatic nitrogens is 1. The minimum absolute atomic E-state index is 0.0274. The van der Waals surface area contributed by atoms with Gasteiger partial charge in [-0.15, -0.1) is 0 Å². The zero-order valence-corrected chi connectivity index (χ0v) is 26.1. The molecule has 4 atom stereocenters. The molecule has 236 valence electrons. The van der Waals surface area contributed by atoms with Gasteiger partial charge in [0, 0.05) is 29.8 Å². The van der Waals surface area contributed by atoms with Crippen LogP contribution < -0.4 is 14.8 Å². The second-order valence-electron chi connectivity index (χ2n) is 10.7. The van der Waals surface area contributed by atoms with Crippen molar-refractivity contribution in [2.45, 2.75) is 52.7 Å². The summed E-state index contributed by atoms with van der Waals surface area (Å²) in [7, 11) is 1.39. The van der Waals surface area contributed by atoms with Crippen LogP contribution in [-0.4, -0.2) is 75.3 Å². The van der Waals surface area contributed by atoms with Gasteiger partial charge in [-0.05, 0) is 56.2 Å². The molecule has 1 aliphatic rings. The number of benzene rings is 1. The van der Waals surface area contributed by atoms with Crippen LogP contribution in [0.25, 0.3) is 0 Å². The predicted octanol–water partition coefficient (Wildman–Crippen LogP) is 4.24. The number of nitrogens with zero attached hydrogens (tertiary/aromatic N) is 1. The van der Waals surface area contributed by atoms with Gasteiger partial charge in [-0.2, -0.15) is 0 Å². The average Bonchev–Trinajstić information content (AvgIpc) is 3.02. The lowest BCUT2D eigenvalue weighted by molar-refractivity contribution is -0.156. The zero-order chi connectivity index (χ0) is 31.4. The van der Waals surface area contributed by atoms with Crippen molar-refractivity contribution in [3.63, 3.8) is 0 Å². The Hall–Kier alpha value is -3.41. The van der Waals surface area contributed by atoms with Crippen molar-refractivity contribution in [2.24, 2.45) is 17.8 Å². The Labute approximate surface area is 257 Å². The molecule has 1 aromatic carbocycles. The predicted molar refractivity (Wildman–Crippen MR) is 158 cm³/mol. The lowest BCUT2D eigenvalue weighted by Gasteiger charge is -2.32. The van der Waals surface area contributed by atoms with E-state index in [4.69, 9.17) is 40.0 Å². The van der Waals surface area contributed by atoms with Gasteiger partial charge in [-0.3, -0.25) is 4.79 Å². The summed E-state index contributed by atoms with van der Waals surface area (Å²) < 4.78 is 32.9. The SMILES string of the molecule is CCOCC(=O)OCOc1c(OC)ccnc1C(=O)N[C@H]1COC[C@H](Cc2ccc(Cl)cc2)[C@@H](CC(C)C)[C@H](C)OC1=O. The van der Waals surface area contributed by atoms with Crippen molar-refractivity contribution in [3.8, 4) is 11.5 Å². The first-order valence-electron chi connectivity index (χ1n) is 14.4. The topological polar surface area (TPSA) is 132 Å². The summed E-state index contributed by atoms with van der Waals surface area (Å²) in [5.74, 6) is -1.39. The third kappa shape index (κ3) is 10.4. The fourth-order valence-corrected chi connectivity index (χ4v) is 5.05. The molecule has 12 heteroatoms. The minimum atomic E-state index is -1.10. The Bertz CT molecular complexity index is 1210. The summed E-state index contributed by atoms with van der Waals surface area (Å²) in [6.07, 6.45) is 2.49. The molecule has 3 rings (SSSR count). The van der Waals surface area contributed by atoms with Crippen molar-refractivity contribution in [2.75, 3.05) is 40.3 Å². The smallest absolute Gasteiger partial charge is 0.334 e. The van der Waals surface area contributed by atoms with Gasteiger partial charge < -0.3 is 33.7 Å². The van der Waals surface area contributed by atoms with Gasteiger partial charge >= 0.3 is 11.9 Å². The van der Waals surface area contributed by atoms with Gasteiger partial charge in [0.1, 0.15) is 12.7 Å². The first-order chi connectivity index (χ1) is 20.6. The minimum Gasteiger partial charge on any atom is -0.493 e. The van der Waals surface area contributed by atoms with Crippen LogP contribution in [0.3, 0.4) is 0 Å². The molecule has 0 unspecified atom stereocenters. The second kappa shape index (κ2) is 17.0. The van der Waals surface area contributed by atoms with Crippen LogP contribution >= 0.6 is 11.6 Å². The summed E-state index contributed by atoms with van der Waals surface area (Å²) in [6, 6.07) is 8.07. The molecule has 43 heavy (non-hydrogen) atoms. The molecule has 11 nitrogen and oxygen atoms in total. The molecule has 1 saturated heterocycles. The van der Waals surface area contributed by atoms with Crippen LogP contribution in [0, 0.1) is 17.8 Å². The maximum Gasteiger partial charge on any atom is 0.334 e. The fraction of sp³-hybridized carbons (Fsp3) is 0.548. The Balaban J connectivity index is 1.75. The van der Waals surface area contributed by atoms with Crippen molar-refractivity contribution < 1.29 is 42.8 Å². The highest BCUT2D eigenvalue weighted by Gasteiger charge is 2.35. The molecule has 1 N–H and O–H groups in total. The van der Waals surface area contributed by atoms with E-state index in [1.165, 1.54) is 19.4 Å². The van der Waals surface area contributed by atoms with Gasteiger partial charge in [0.05, 0.1) is 20.3 Å². The Kier molecular flexibility index (Phi) is 13.5. The normalized spacial score (nSPS) is 20.8. The number of methoxy groups -OCH3 is 1. The highest BCUT2D eigenvalue weighted by molar-refractivity contribution is 6.30. The van der Waals surface area contributed by atoms with E-state index in [2.05, 4.69) is 24.1 Å². The van der Waals surface area contributed by atoms with Crippen LogP contribution in [0.4, 0.5) is 0 Å². The van der Waals surface area contributed by atoms with E-state index in [0.29, 0.717) is 24.2 Å². The van der Waals surface area contributed by atoms with E-state index in [1.54, 1.807) is 6.92 Å². The molecule has 1 fully saturated rings. The third-order valence-corrected chi connectivity index (χ3v) is 7.27. The summed E-state index contributed by atoms with van der Waals surface area (Å²) >= 11 is 6.08. The van der Waals surface area contributed by atoms with Crippen LogP contribution in [0.15, 0.2) is 36.5 Å². The maximum absolute atomic E-state index is 13.4. The van der Waals surface area contributed by atoms with Crippen molar-refractivity contribution in [1.82, 2.24) is 10.3 Å². The quantitative estimate of drug-likeness (QED) is 0.256. The first-order valence-corrected chi connectivity index (χ1v) is 14.7. The largest absolute Gasteiger partial charge is 0.493 e. The number of carbonyl (C=O) groups excluding carboxylic acids is 3. The Morgan fingerprint density at radius 3 is 2.58 bits per heavy atom. The average molecular weight is 621 g/mol. The first kappa shape index (κ1) is 34.1. The summed E-state index contributed by atoms with van der Waals surface area (Å²) in [5.41, 5.74) is 0.939. The van der Waals surface area contributed by atoms with Gasteiger partial charge in [0.25, 0.3) is 5.91 Å². The van der Waals surface area contributed by atoms with Gasteiger partial charge in [0.15, 0.2) is 23.2 Å². The number of ether oxygens (including phenoxy) is 6. The monoisotopic (exact) mass is 620 g/mol. The van der Waals surface area contributed by atoms with E-state index in [9.17, 15) is 14.4 Å². The molecule has 1 aliphatic heterocycles. The van der Waals surface area contributed by atoms with E-state index in [0.717, 1.165) is 18.4 Å². The molecule has 0 radical (unpaired) electrons. The van der Waals surface area contributed by atoms with E-state index < -0.39 is 36.8 Å². The van der Waals surface area contributed by atoms with E-state index in [-0.39, 0.29) is 42.2 Å². The third-order valence-electron chi connectivity index (χ3n) is 7.02. The van der Waals surface area contributed by atoms with Crippen LogP contribution in [0.5, 0.6) is 11.5 Å². The number of hydrogen-bond donors (Lipinski definition) is 1. The molecule has 0 spiro atoms. The Morgan fingerprint density at radius 1 is 1.16 bits per heavy atom. The van der Waals surface area contributed by atoms with Gasteiger partial charge in [-0.25, -0.2) is 14.6 Å². The molecule has 1 amide bonds. The number of cyclic esters (lactones) is 1. The highest BCUT2D eigenvalue weighted by Crippen LogP contribution is 2.32. The van der Waals surface area contributed by atoms with Gasteiger partial charge in [-0.1, -0.05) is 37.6 Å². The van der Waals surface area contributed by atoms with Crippen LogP contribution in [0.1, 0.15) is 50.2 Å². The standard InChI is InChI=1S/C31H41ClN2O9/c1-6-39-17-27(35)41-18-42-29-26(38-5)11-12-33-28(29)30(36)34-25-16-40-15-22(14-21-7-9-23(32)10-8-21)24(13-19(2)3)20(4)43-31(25)37/h7-12,19-20,22,24-25H,6,13-18H2,1-5H3,(H,34,36)/t20-,22-,24-,25-/m0/s1. The van der Waals surface area contributed by atoms with Gasteiger partial charge in [0.2, 0.25) is 6.79 Å². The number of halogens is 1. The number of hydrogen-bond acceptors (Lipinski definition) is 10. The highest BCUT2D eigenvalue weighted by atomic mass is 35.5. The molecule has 0 bridgehead atoms. The number of amides is 1. The molecule has 1 aromatic heterocycles. The van der Waals surface area contributed by atoms with Crippen molar-refractivity contribution >= 4 is 29.4 Å². The number of nitrogens with one attached hydrogen (secondary N) is 1. The molecule has 0 saturated carbocycles. The lowest BCUT2D eigenvalue weighted by Crippen LogP contribution is -2.46. The fourth-order valence-electron chi connectivity index (χ4n) is 4.93. The number of rotatable bonds is 13. The summed E-state index contributed by atoms with van der Waals surface area (Å²) in [5, 5.41) is 3.33. The summed E-state index contributed by atoms with van der Waals surface area (Å²) in [4.78, 5) is 42.6. The number of carbonyl (C=O) groups is 3.